The monoisotopic (exact) mass is 195 g/mol. The zero-order chi connectivity index (χ0) is 10.4. The van der Waals surface area contributed by atoms with Crippen LogP contribution in [0, 0.1) is 5.82 Å². The van der Waals surface area contributed by atoms with Gasteiger partial charge in [-0.15, -0.1) is 0 Å². The highest BCUT2D eigenvalue weighted by molar-refractivity contribution is 6.23. The predicted molar refractivity (Wildman–Crippen MR) is 51.2 cm³/mol. The second kappa shape index (κ2) is 5.11. The molecule has 0 saturated carbocycles. The molecular formula is C10H10FNO2. The fourth-order valence-corrected chi connectivity index (χ4v) is 0.863. The summed E-state index contributed by atoms with van der Waals surface area (Å²) in [5.74, 6) is -0.916. The average Bonchev–Trinajstić information content (AvgIpc) is 2.15. The normalized spacial score (nSPS) is 10.4. The van der Waals surface area contributed by atoms with E-state index in [2.05, 4.69) is 9.73 Å². The molecule has 0 unspecified atom stereocenters. The summed E-state index contributed by atoms with van der Waals surface area (Å²) < 4.78 is 17.3. The molecule has 0 spiro atoms. The van der Waals surface area contributed by atoms with E-state index in [0.29, 0.717) is 12.3 Å². The summed E-state index contributed by atoms with van der Waals surface area (Å²) in [7, 11) is 0. The van der Waals surface area contributed by atoms with Crippen LogP contribution in [0.3, 0.4) is 0 Å². The van der Waals surface area contributed by atoms with Crippen LogP contribution in [-0.2, 0) is 9.53 Å². The van der Waals surface area contributed by atoms with Gasteiger partial charge < -0.3 is 4.74 Å². The van der Waals surface area contributed by atoms with Crippen molar-refractivity contribution in [3.05, 3.63) is 30.1 Å². The van der Waals surface area contributed by atoms with Gasteiger partial charge in [0.15, 0.2) is 0 Å². The number of benzene rings is 1. The largest absolute Gasteiger partial charge is 0.462 e. The molecule has 0 saturated heterocycles. The molecule has 74 valence electrons. The molecule has 0 N–H and O–H groups in total. The lowest BCUT2D eigenvalue weighted by atomic mass is 10.3. The van der Waals surface area contributed by atoms with Crippen LogP contribution in [0.15, 0.2) is 29.3 Å². The van der Waals surface area contributed by atoms with E-state index < -0.39 is 5.97 Å². The van der Waals surface area contributed by atoms with E-state index in [1.807, 2.05) is 0 Å². The number of hydrogen-bond acceptors (Lipinski definition) is 3. The number of esters is 1. The third kappa shape index (κ3) is 3.35. The summed E-state index contributed by atoms with van der Waals surface area (Å²) in [5, 5.41) is 0. The molecule has 0 aliphatic rings. The Kier molecular flexibility index (Phi) is 3.79. The van der Waals surface area contributed by atoms with Gasteiger partial charge in [-0.2, -0.15) is 0 Å². The van der Waals surface area contributed by atoms with Gasteiger partial charge in [-0.05, 0) is 25.1 Å². The van der Waals surface area contributed by atoms with Crippen LogP contribution < -0.4 is 0 Å². The summed E-state index contributed by atoms with van der Waals surface area (Å²) in [6.07, 6.45) is 1.03. The minimum atomic E-state index is -0.531. The summed E-state index contributed by atoms with van der Waals surface area (Å²) in [4.78, 5) is 14.6. The van der Waals surface area contributed by atoms with Crippen molar-refractivity contribution >= 4 is 17.9 Å². The van der Waals surface area contributed by atoms with Crippen molar-refractivity contribution in [2.75, 3.05) is 6.61 Å². The predicted octanol–water partition coefficient (Wildman–Crippen LogP) is 2.09. The van der Waals surface area contributed by atoms with Gasteiger partial charge in [-0.1, -0.05) is 6.07 Å². The molecule has 0 aromatic heterocycles. The first kappa shape index (κ1) is 10.4. The molecule has 1 aromatic rings. The van der Waals surface area contributed by atoms with Crippen molar-refractivity contribution in [1.29, 1.82) is 0 Å². The molecule has 0 heterocycles. The molecule has 1 aromatic carbocycles. The van der Waals surface area contributed by atoms with E-state index in [4.69, 9.17) is 0 Å². The molecule has 1 rings (SSSR count). The molecule has 0 atom stereocenters. The maximum Gasteiger partial charge on any atom is 0.349 e. The van der Waals surface area contributed by atoms with Gasteiger partial charge in [0, 0.05) is 0 Å². The van der Waals surface area contributed by atoms with E-state index in [1.54, 1.807) is 13.0 Å². The standard InChI is InChI=1S/C10H10FNO2/c1-2-14-10(13)7-12-9-5-3-4-8(11)6-9/h3-7H,2H2,1H3. The fraction of sp³-hybridized carbons (Fsp3) is 0.200. The maximum absolute atomic E-state index is 12.6. The zero-order valence-corrected chi connectivity index (χ0v) is 7.74. The third-order valence-corrected chi connectivity index (χ3v) is 1.41. The van der Waals surface area contributed by atoms with E-state index >= 15 is 0 Å². The number of halogens is 1. The number of rotatable bonds is 3. The summed E-state index contributed by atoms with van der Waals surface area (Å²) in [5.41, 5.74) is 0.387. The van der Waals surface area contributed by atoms with E-state index in [-0.39, 0.29) is 5.82 Å². The van der Waals surface area contributed by atoms with Gasteiger partial charge in [0.05, 0.1) is 12.3 Å². The van der Waals surface area contributed by atoms with Gasteiger partial charge in [0.2, 0.25) is 0 Å². The molecule has 0 fully saturated rings. The van der Waals surface area contributed by atoms with Crippen molar-refractivity contribution in [3.63, 3.8) is 0 Å². The number of hydrogen-bond donors (Lipinski definition) is 0. The van der Waals surface area contributed by atoms with Gasteiger partial charge in [-0.3, -0.25) is 0 Å². The second-order valence-electron chi connectivity index (χ2n) is 2.49. The molecule has 4 heteroatoms. The average molecular weight is 195 g/mol. The van der Waals surface area contributed by atoms with Crippen molar-refractivity contribution in [1.82, 2.24) is 0 Å². The number of nitrogens with zero attached hydrogens (tertiary/aromatic N) is 1. The lowest BCUT2D eigenvalue weighted by Gasteiger charge is -1.95. The molecule has 0 aliphatic heterocycles. The SMILES string of the molecule is CCOC(=O)C=Nc1cccc(F)c1. The highest BCUT2D eigenvalue weighted by Crippen LogP contribution is 2.11. The van der Waals surface area contributed by atoms with Crippen LogP contribution in [0.5, 0.6) is 0 Å². The van der Waals surface area contributed by atoms with Crippen LogP contribution in [-0.4, -0.2) is 18.8 Å². The minimum absolute atomic E-state index is 0.300. The number of ether oxygens (including phenoxy) is 1. The first-order valence-electron chi connectivity index (χ1n) is 4.18. The van der Waals surface area contributed by atoms with Gasteiger partial charge >= 0.3 is 5.97 Å². The Morgan fingerprint density at radius 1 is 1.64 bits per heavy atom. The Bertz CT molecular complexity index is 350. The van der Waals surface area contributed by atoms with Gasteiger partial charge in [0.1, 0.15) is 12.0 Å². The third-order valence-electron chi connectivity index (χ3n) is 1.41. The molecule has 0 bridgehead atoms. The first-order valence-corrected chi connectivity index (χ1v) is 4.18. The Morgan fingerprint density at radius 3 is 3.07 bits per heavy atom. The van der Waals surface area contributed by atoms with Crippen LogP contribution in [0.25, 0.3) is 0 Å². The van der Waals surface area contributed by atoms with Crippen LogP contribution in [0.1, 0.15) is 6.92 Å². The van der Waals surface area contributed by atoms with Crippen molar-refractivity contribution < 1.29 is 13.9 Å². The molecule has 14 heavy (non-hydrogen) atoms. The van der Waals surface area contributed by atoms with Crippen LogP contribution in [0.2, 0.25) is 0 Å². The van der Waals surface area contributed by atoms with Crippen LogP contribution in [0.4, 0.5) is 10.1 Å². The smallest absolute Gasteiger partial charge is 0.349 e. The summed E-state index contributed by atoms with van der Waals surface area (Å²) >= 11 is 0. The number of carbonyl (C=O) groups excluding carboxylic acids is 1. The van der Waals surface area contributed by atoms with Gasteiger partial charge in [-0.25, -0.2) is 14.2 Å². The molecule has 0 radical (unpaired) electrons. The highest BCUT2D eigenvalue weighted by atomic mass is 19.1. The zero-order valence-electron chi connectivity index (χ0n) is 7.74. The van der Waals surface area contributed by atoms with E-state index in [0.717, 1.165) is 6.21 Å². The number of aliphatic imine (C=N–C) groups is 1. The second-order valence-corrected chi connectivity index (χ2v) is 2.49. The quantitative estimate of drug-likeness (QED) is 0.547. The van der Waals surface area contributed by atoms with Gasteiger partial charge in [0.25, 0.3) is 0 Å². The Balaban J connectivity index is 2.64. The lowest BCUT2D eigenvalue weighted by Crippen LogP contribution is -2.04. The minimum Gasteiger partial charge on any atom is -0.462 e. The highest BCUT2D eigenvalue weighted by Gasteiger charge is 1.95. The summed E-state index contributed by atoms with van der Waals surface area (Å²) in [6, 6.07) is 5.66. The molecule has 0 amide bonds. The van der Waals surface area contributed by atoms with E-state index in [9.17, 15) is 9.18 Å². The lowest BCUT2D eigenvalue weighted by molar-refractivity contribution is -0.134. The van der Waals surface area contributed by atoms with Crippen molar-refractivity contribution in [2.45, 2.75) is 6.92 Å². The molecular weight excluding hydrogens is 185 g/mol. The topological polar surface area (TPSA) is 38.7 Å². The summed E-state index contributed by atoms with van der Waals surface area (Å²) in [6.45, 7) is 2.00. The Hall–Kier alpha value is -1.71. The van der Waals surface area contributed by atoms with Crippen molar-refractivity contribution in [3.8, 4) is 0 Å². The molecule has 0 aliphatic carbocycles. The van der Waals surface area contributed by atoms with Crippen LogP contribution >= 0.6 is 0 Å². The Morgan fingerprint density at radius 2 is 2.43 bits per heavy atom. The molecule has 3 nitrogen and oxygen atoms in total. The van der Waals surface area contributed by atoms with E-state index in [1.165, 1.54) is 18.2 Å². The number of carbonyl (C=O) groups is 1. The maximum atomic E-state index is 12.6. The first-order chi connectivity index (χ1) is 6.72. The van der Waals surface area contributed by atoms with Crippen molar-refractivity contribution in [2.24, 2.45) is 4.99 Å². The fourth-order valence-electron chi connectivity index (χ4n) is 0.863. The Labute approximate surface area is 81.2 Å².